The maximum Gasteiger partial charge on any atom is 0.254 e. The van der Waals surface area contributed by atoms with Crippen LogP contribution in [0.5, 0.6) is 5.75 Å². The summed E-state index contributed by atoms with van der Waals surface area (Å²) in [4.78, 5) is 31.0. The predicted octanol–water partition coefficient (Wildman–Crippen LogP) is 6.19. The number of nitrogens with zero attached hydrogens (tertiary/aromatic N) is 3. The van der Waals surface area contributed by atoms with E-state index in [1.807, 2.05) is 86.5 Å². The van der Waals surface area contributed by atoms with Crippen LogP contribution in [-0.2, 0) is 29.0 Å². The minimum atomic E-state index is -0.440. The standard InChI is InChI=1S/C34H47N3O4/c1-7-8-12-27-16-18-29(19-17-27)33(39)36(21-11-22-40-5)26-32(38)37(34(2,3)4)25-30-14-10-20-35(30)24-28-13-9-15-31(23-28)41-6/h9-10,13-20,23H,7-8,11-12,21-22,24-26H2,1-6H3. The van der Waals surface area contributed by atoms with Gasteiger partial charge in [0, 0.05) is 49.8 Å². The molecule has 0 N–H and O–H groups in total. The Labute approximate surface area is 246 Å². The highest BCUT2D eigenvalue weighted by atomic mass is 16.5. The molecule has 0 atom stereocenters. The number of methoxy groups -OCH3 is 2. The van der Waals surface area contributed by atoms with Crippen LogP contribution in [0.3, 0.4) is 0 Å². The quantitative estimate of drug-likeness (QED) is 0.208. The van der Waals surface area contributed by atoms with Crippen LogP contribution in [-0.4, -0.2) is 65.6 Å². The van der Waals surface area contributed by atoms with Crippen LogP contribution in [0, 0.1) is 0 Å². The molecule has 7 nitrogen and oxygen atoms in total. The number of ether oxygens (including phenoxy) is 2. The molecule has 0 aliphatic carbocycles. The molecule has 0 unspecified atom stereocenters. The lowest BCUT2D eigenvalue weighted by Crippen LogP contribution is -2.50. The zero-order valence-electron chi connectivity index (χ0n) is 25.7. The van der Waals surface area contributed by atoms with E-state index in [0.29, 0.717) is 38.2 Å². The lowest BCUT2D eigenvalue weighted by Gasteiger charge is -2.37. The molecule has 7 heteroatoms. The van der Waals surface area contributed by atoms with Crippen molar-refractivity contribution in [3.8, 4) is 5.75 Å². The van der Waals surface area contributed by atoms with Crippen molar-refractivity contribution in [3.05, 3.63) is 89.2 Å². The van der Waals surface area contributed by atoms with Crippen molar-refractivity contribution in [2.45, 2.75) is 72.0 Å². The zero-order chi connectivity index (χ0) is 29.8. The maximum absolute atomic E-state index is 13.9. The summed E-state index contributed by atoms with van der Waals surface area (Å²) in [7, 11) is 3.31. The smallest absolute Gasteiger partial charge is 0.254 e. The molecule has 2 aromatic carbocycles. The van der Waals surface area contributed by atoms with Crippen LogP contribution in [0.25, 0.3) is 0 Å². The number of unbranched alkanes of at least 4 members (excludes halogenated alkanes) is 1. The van der Waals surface area contributed by atoms with Crippen LogP contribution in [0.2, 0.25) is 0 Å². The molecule has 3 rings (SSSR count). The number of carbonyl (C=O) groups is 2. The molecule has 0 aliphatic rings. The Kier molecular flexibility index (Phi) is 12.0. The monoisotopic (exact) mass is 561 g/mol. The number of benzene rings is 2. The summed E-state index contributed by atoms with van der Waals surface area (Å²) in [5.41, 5.74) is 3.53. The molecular weight excluding hydrogens is 514 g/mol. The minimum absolute atomic E-state index is 0.00793. The number of hydrogen-bond acceptors (Lipinski definition) is 4. The van der Waals surface area contributed by atoms with Gasteiger partial charge in [-0.2, -0.15) is 0 Å². The van der Waals surface area contributed by atoms with E-state index in [-0.39, 0.29) is 18.4 Å². The highest BCUT2D eigenvalue weighted by Gasteiger charge is 2.30. The highest BCUT2D eigenvalue weighted by molar-refractivity contribution is 5.96. The topological polar surface area (TPSA) is 64.0 Å². The van der Waals surface area contributed by atoms with Crippen molar-refractivity contribution >= 4 is 11.8 Å². The Bertz CT molecular complexity index is 1240. The lowest BCUT2D eigenvalue weighted by atomic mass is 10.0. The number of carbonyl (C=O) groups excluding carboxylic acids is 2. The number of aromatic nitrogens is 1. The Balaban J connectivity index is 1.78. The third kappa shape index (κ3) is 9.49. The van der Waals surface area contributed by atoms with Crippen molar-refractivity contribution in [1.29, 1.82) is 0 Å². The van der Waals surface area contributed by atoms with Crippen molar-refractivity contribution < 1.29 is 19.1 Å². The van der Waals surface area contributed by atoms with Crippen LogP contribution < -0.4 is 4.74 Å². The summed E-state index contributed by atoms with van der Waals surface area (Å²) in [6.07, 6.45) is 5.94. The predicted molar refractivity (Wildman–Crippen MR) is 164 cm³/mol. The van der Waals surface area contributed by atoms with E-state index in [9.17, 15) is 9.59 Å². The van der Waals surface area contributed by atoms with Crippen LogP contribution in [0.4, 0.5) is 0 Å². The molecule has 2 amide bonds. The third-order valence-corrected chi connectivity index (χ3v) is 7.25. The van der Waals surface area contributed by atoms with Gasteiger partial charge in [0.25, 0.3) is 5.91 Å². The van der Waals surface area contributed by atoms with Gasteiger partial charge in [0.1, 0.15) is 12.3 Å². The molecule has 41 heavy (non-hydrogen) atoms. The second-order valence-corrected chi connectivity index (χ2v) is 11.5. The molecule has 0 bridgehead atoms. The fourth-order valence-corrected chi connectivity index (χ4v) is 4.85. The van der Waals surface area contributed by atoms with E-state index in [2.05, 4.69) is 17.6 Å². The average molecular weight is 562 g/mol. The fourth-order valence-electron chi connectivity index (χ4n) is 4.85. The van der Waals surface area contributed by atoms with E-state index in [1.165, 1.54) is 5.56 Å². The molecule has 3 aromatic rings. The number of amides is 2. The second-order valence-electron chi connectivity index (χ2n) is 11.5. The molecular formula is C34H47N3O4. The number of hydrogen-bond donors (Lipinski definition) is 0. The van der Waals surface area contributed by atoms with E-state index >= 15 is 0 Å². The molecule has 0 fully saturated rings. The Morgan fingerprint density at radius 3 is 2.34 bits per heavy atom. The van der Waals surface area contributed by atoms with Crippen molar-refractivity contribution in [2.75, 3.05) is 33.9 Å². The van der Waals surface area contributed by atoms with Gasteiger partial charge in [-0.15, -0.1) is 0 Å². The molecule has 0 spiro atoms. The van der Waals surface area contributed by atoms with Gasteiger partial charge in [0.05, 0.1) is 13.7 Å². The van der Waals surface area contributed by atoms with Gasteiger partial charge in [-0.3, -0.25) is 9.59 Å². The van der Waals surface area contributed by atoms with Gasteiger partial charge in [0.15, 0.2) is 0 Å². The first-order valence-electron chi connectivity index (χ1n) is 14.6. The number of aryl methyl sites for hydroxylation is 1. The summed E-state index contributed by atoms with van der Waals surface area (Å²) >= 11 is 0. The summed E-state index contributed by atoms with van der Waals surface area (Å²) < 4.78 is 12.8. The fraction of sp³-hybridized carbons (Fsp3) is 0.471. The first kappa shape index (κ1) is 31.9. The van der Waals surface area contributed by atoms with Crippen LogP contribution in [0.15, 0.2) is 66.9 Å². The van der Waals surface area contributed by atoms with E-state index in [0.717, 1.165) is 36.3 Å². The molecule has 1 heterocycles. The Morgan fingerprint density at radius 1 is 0.927 bits per heavy atom. The van der Waals surface area contributed by atoms with Crippen LogP contribution >= 0.6 is 0 Å². The number of rotatable bonds is 15. The maximum atomic E-state index is 13.9. The van der Waals surface area contributed by atoms with Gasteiger partial charge in [0.2, 0.25) is 5.91 Å². The molecule has 0 saturated carbocycles. The molecule has 0 radical (unpaired) electrons. The first-order chi connectivity index (χ1) is 19.7. The highest BCUT2D eigenvalue weighted by Crippen LogP contribution is 2.21. The summed E-state index contributed by atoms with van der Waals surface area (Å²) in [6.45, 7) is 10.4. The van der Waals surface area contributed by atoms with Gasteiger partial charge in [-0.25, -0.2) is 0 Å². The molecule has 222 valence electrons. The van der Waals surface area contributed by atoms with Gasteiger partial charge in [-0.05, 0) is 87.6 Å². The second kappa shape index (κ2) is 15.4. The van der Waals surface area contributed by atoms with Crippen molar-refractivity contribution in [3.63, 3.8) is 0 Å². The molecule has 0 aliphatic heterocycles. The molecule has 1 aromatic heterocycles. The minimum Gasteiger partial charge on any atom is -0.497 e. The Hall–Kier alpha value is -3.58. The lowest BCUT2D eigenvalue weighted by molar-refractivity contribution is -0.137. The van der Waals surface area contributed by atoms with E-state index in [4.69, 9.17) is 9.47 Å². The summed E-state index contributed by atoms with van der Waals surface area (Å²) in [5, 5.41) is 0. The third-order valence-electron chi connectivity index (χ3n) is 7.25. The Morgan fingerprint density at radius 2 is 1.68 bits per heavy atom. The zero-order valence-corrected chi connectivity index (χ0v) is 25.7. The van der Waals surface area contributed by atoms with Crippen molar-refractivity contribution in [1.82, 2.24) is 14.4 Å². The molecule has 0 saturated heterocycles. The SMILES string of the molecule is CCCCc1ccc(C(=O)N(CCCOC)CC(=O)N(Cc2cccn2Cc2cccc(OC)c2)C(C)(C)C)cc1. The average Bonchev–Trinajstić information content (AvgIpc) is 3.40. The summed E-state index contributed by atoms with van der Waals surface area (Å²) in [6, 6.07) is 19.9. The van der Waals surface area contributed by atoms with Gasteiger partial charge in [-0.1, -0.05) is 37.6 Å². The van der Waals surface area contributed by atoms with Gasteiger partial charge >= 0.3 is 0 Å². The van der Waals surface area contributed by atoms with Gasteiger partial charge < -0.3 is 23.8 Å². The largest absolute Gasteiger partial charge is 0.497 e. The normalized spacial score (nSPS) is 11.4. The van der Waals surface area contributed by atoms with E-state index in [1.54, 1.807) is 19.1 Å². The van der Waals surface area contributed by atoms with Crippen LogP contribution in [0.1, 0.15) is 74.1 Å². The summed E-state index contributed by atoms with van der Waals surface area (Å²) in [5.74, 6) is 0.597. The van der Waals surface area contributed by atoms with E-state index < -0.39 is 5.54 Å². The van der Waals surface area contributed by atoms with Crippen molar-refractivity contribution in [2.24, 2.45) is 0 Å². The first-order valence-corrected chi connectivity index (χ1v) is 14.6.